The minimum atomic E-state index is -4.32. The number of benzene rings is 1. The number of nitrogens with zero attached hydrogens (tertiary/aromatic N) is 2. The second-order valence-corrected chi connectivity index (χ2v) is 5.25. The van der Waals surface area contributed by atoms with Crippen molar-refractivity contribution in [3.8, 4) is 11.1 Å². The third kappa shape index (κ3) is 3.42. The first-order valence-electron chi connectivity index (χ1n) is 7.25. The minimum Gasteiger partial charge on any atom is -0.461 e. The molecule has 0 bridgehead atoms. The lowest BCUT2D eigenvalue weighted by Crippen LogP contribution is -2.17. The van der Waals surface area contributed by atoms with E-state index < -0.39 is 18.7 Å². The van der Waals surface area contributed by atoms with Crippen molar-refractivity contribution in [2.24, 2.45) is 0 Å². The zero-order valence-corrected chi connectivity index (χ0v) is 12.7. The standard InChI is InChI=1S/C16H14F3N3O2/c1-2-24-15(23)14-6-11-5-10(3-4-13(11)21-14)12-7-20-22(8-12)9-16(17,18)19/h3-8,21H,2,9H2,1H3. The molecule has 0 unspecified atom stereocenters. The number of ether oxygens (including phenoxy) is 1. The van der Waals surface area contributed by atoms with E-state index in [0.29, 0.717) is 16.8 Å². The van der Waals surface area contributed by atoms with Crippen molar-refractivity contribution in [1.82, 2.24) is 14.8 Å². The van der Waals surface area contributed by atoms with E-state index in [1.165, 1.54) is 12.4 Å². The predicted octanol–water partition coefficient (Wildman–Crippen LogP) is 3.77. The number of hydrogen-bond donors (Lipinski definition) is 1. The summed E-state index contributed by atoms with van der Waals surface area (Å²) >= 11 is 0. The van der Waals surface area contributed by atoms with Gasteiger partial charge in [0.15, 0.2) is 0 Å². The fraction of sp³-hybridized carbons (Fsp3) is 0.250. The Balaban J connectivity index is 1.89. The monoisotopic (exact) mass is 337 g/mol. The molecule has 0 saturated carbocycles. The minimum absolute atomic E-state index is 0.276. The number of alkyl halides is 3. The molecular formula is C16H14F3N3O2. The predicted molar refractivity (Wildman–Crippen MR) is 81.5 cm³/mol. The molecule has 5 nitrogen and oxygen atoms in total. The Morgan fingerprint density at radius 1 is 1.29 bits per heavy atom. The zero-order chi connectivity index (χ0) is 17.3. The Morgan fingerprint density at radius 3 is 2.79 bits per heavy atom. The van der Waals surface area contributed by atoms with Crippen LogP contribution in [0.2, 0.25) is 0 Å². The van der Waals surface area contributed by atoms with Gasteiger partial charge in [-0.3, -0.25) is 4.68 Å². The van der Waals surface area contributed by atoms with Gasteiger partial charge in [-0.2, -0.15) is 18.3 Å². The summed E-state index contributed by atoms with van der Waals surface area (Å²) in [6.45, 7) is 0.863. The molecule has 126 valence electrons. The maximum absolute atomic E-state index is 12.4. The highest BCUT2D eigenvalue weighted by atomic mass is 19.4. The van der Waals surface area contributed by atoms with Crippen molar-refractivity contribution in [3.05, 3.63) is 42.4 Å². The summed E-state index contributed by atoms with van der Waals surface area (Å²) in [5, 5.41) is 4.49. The van der Waals surface area contributed by atoms with E-state index in [0.717, 1.165) is 15.6 Å². The molecule has 0 aliphatic carbocycles. The van der Waals surface area contributed by atoms with Crippen LogP contribution < -0.4 is 0 Å². The molecule has 0 radical (unpaired) electrons. The van der Waals surface area contributed by atoms with Crippen molar-refractivity contribution in [3.63, 3.8) is 0 Å². The summed E-state index contributed by atoms with van der Waals surface area (Å²) in [6.07, 6.45) is -1.60. The number of H-pyrrole nitrogens is 1. The van der Waals surface area contributed by atoms with Crippen LogP contribution in [0.25, 0.3) is 22.0 Å². The number of aromatic amines is 1. The second-order valence-electron chi connectivity index (χ2n) is 5.25. The molecule has 1 aromatic carbocycles. The molecule has 0 amide bonds. The van der Waals surface area contributed by atoms with Gasteiger partial charge in [-0.1, -0.05) is 6.07 Å². The number of fused-ring (bicyclic) bond motifs is 1. The van der Waals surface area contributed by atoms with Crippen molar-refractivity contribution in [2.75, 3.05) is 6.61 Å². The lowest BCUT2D eigenvalue weighted by Gasteiger charge is -2.05. The van der Waals surface area contributed by atoms with Gasteiger partial charge in [-0.25, -0.2) is 4.79 Å². The van der Waals surface area contributed by atoms with Crippen LogP contribution in [0.15, 0.2) is 36.7 Å². The van der Waals surface area contributed by atoms with E-state index in [-0.39, 0.29) is 6.61 Å². The average Bonchev–Trinajstić information content (AvgIpc) is 3.11. The number of hydrogen-bond acceptors (Lipinski definition) is 3. The van der Waals surface area contributed by atoms with Crippen molar-refractivity contribution >= 4 is 16.9 Å². The lowest BCUT2D eigenvalue weighted by atomic mass is 10.1. The van der Waals surface area contributed by atoms with E-state index >= 15 is 0 Å². The Hall–Kier alpha value is -2.77. The summed E-state index contributed by atoms with van der Waals surface area (Å²) in [5.74, 6) is -0.451. The van der Waals surface area contributed by atoms with Gasteiger partial charge in [-0.15, -0.1) is 0 Å². The third-order valence-corrected chi connectivity index (χ3v) is 3.42. The van der Waals surface area contributed by atoms with Gasteiger partial charge in [-0.05, 0) is 30.7 Å². The normalized spacial score (nSPS) is 11.8. The highest BCUT2D eigenvalue weighted by Crippen LogP contribution is 2.26. The van der Waals surface area contributed by atoms with Gasteiger partial charge in [0.1, 0.15) is 12.2 Å². The van der Waals surface area contributed by atoms with Gasteiger partial charge in [0.2, 0.25) is 0 Å². The topological polar surface area (TPSA) is 59.9 Å². The fourth-order valence-electron chi connectivity index (χ4n) is 2.41. The molecular weight excluding hydrogens is 323 g/mol. The number of carbonyl (C=O) groups excluding carboxylic acids is 1. The van der Waals surface area contributed by atoms with Gasteiger partial charge in [0.25, 0.3) is 0 Å². The molecule has 2 aromatic heterocycles. The fourth-order valence-corrected chi connectivity index (χ4v) is 2.41. The van der Waals surface area contributed by atoms with Gasteiger partial charge >= 0.3 is 12.1 Å². The number of aromatic nitrogens is 3. The van der Waals surface area contributed by atoms with E-state index in [2.05, 4.69) is 10.1 Å². The van der Waals surface area contributed by atoms with Crippen LogP contribution in [0.3, 0.4) is 0 Å². The van der Waals surface area contributed by atoms with Crippen molar-refractivity contribution < 1.29 is 22.7 Å². The Labute approximate surface area is 135 Å². The summed E-state index contributed by atoms with van der Waals surface area (Å²) in [4.78, 5) is 14.7. The van der Waals surface area contributed by atoms with E-state index in [1.54, 1.807) is 31.2 Å². The summed E-state index contributed by atoms with van der Waals surface area (Å²) in [5.41, 5.74) is 2.35. The summed E-state index contributed by atoms with van der Waals surface area (Å²) in [6, 6.07) is 6.94. The quantitative estimate of drug-likeness (QED) is 0.737. The molecule has 3 rings (SSSR count). The smallest absolute Gasteiger partial charge is 0.408 e. The van der Waals surface area contributed by atoms with E-state index in [4.69, 9.17) is 4.74 Å². The van der Waals surface area contributed by atoms with Crippen LogP contribution in [0.4, 0.5) is 13.2 Å². The molecule has 0 atom stereocenters. The molecule has 3 aromatic rings. The van der Waals surface area contributed by atoms with Crippen LogP contribution >= 0.6 is 0 Å². The highest BCUT2D eigenvalue weighted by molar-refractivity contribution is 5.96. The molecule has 0 aliphatic heterocycles. The summed E-state index contributed by atoms with van der Waals surface area (Å²) < 4.78 is 43.0. The first-order valence-corrected chi connectivity index (χ1v) is 7.25. The average molecular weight is 337 g/mol. The second kappa shape index (κ2) is 6.03. The van der Waals surface area contributed by atoms with E-state index in [1.807, 2.05) is 0 Å². The number of halogens is 3. The van der Waals surface area contributed by atoms with Crippen LogP contribution in [0, 0.1) is 0 Å². The first-order chi connectivity index (χ1) is 11.4. The Kier molecular flexibility index (Phi) is 4.04. The van der Waals surface area contributed by atoms with Crippen molar-refractivity contribution in [2.45, 2.75) is 19.6 Å². The highest BCUT2D eigenvalue weighted by Gasteiger charge is 2.28. The number of rotatable bonds is 4. The number of carbonyl (C=O) groups is 1. The Bertz CT molecular complexity index is 880. The molecule has 0 spiro atoms. The SMILES string of the molecule is CCOC(=O)c1cc2cc(-c3cnn(CC(F)(F)F)c3)ccc2[nH]1. The number of esters is 1. The van der Waals surface area contributed by atoms with Crippen LogP contribution in [-0.2, 0) is 11.3 Å². The molecule has 1 N–H and O–H groups in total. The van der Waals surface area contributed by atoms with Gasteiger partial charge in [0.05, 0.1) is 12.8 Å². The molecule has 2 heterocycles. The third-order valence-electron chi connectivity index (χ3n) is 3.42. The lowest BCUT2D eigenvalue weighted by molar-refractivity contribution is -0.142. The first kappa shape index (κ1) is 16.1. The molecule has 0 fully saturated rings. The summed E-state index contributed by atoms with van der Waals surface area (Å²) in [7, 11) is 0. The molecule has 8 heteroatoms. The van der Waals surface area contributed by atoms with Crippen LogP contribution in [0.5, 0.6) is 0 Å². The molecule has 24 heavy (non-hydrogen) atoms. The molecule has 0 aliphatic rings. The van der Waals surface area contributed by atoms with E-state index in [9.17, 15) is 18.0 Å². The zero-order valence-electron chi connectivity index (χ0n) is 12.7. The van der Waals surface area contributed by atoms with Crippen molar-refractivity contribution in [1.29, 1.82) is 0 Å². The van der Waals surface area contributed by atoms with Gasteiger partial charge < -0.3 is 9.72 Å². The maximum Gasteiger partial charge on any atom is 0.408 e. The maximum atomic E-state index is 12.4. The number of nitrogens with one attached hydrogen (secondary N) is 1. The van der Waals surface area contributed by atoms with Crippen LogP contribution in [0.1, 0.15) is 17.4 Å². The largest absolute Gasteiger partial charge is 0.461 e. The van der Waals surface area contributed by atoms with Gasteiger partial charge in [0, 0.05) is 22.7 Å². The molecule has 0 saturated heterocycles. The van der Waals surface area contributed by atoms with Crippen LogP contribution in [-0.4, -0.2) is 33.5 Å². The Morgan fingerprint density at radius 2 is 2.08 bits per heavy atom.